The quantitative estimate of drug-likeness (QED) is 0.497. The van der Waals surface area contributed by atoms with Crippen LogP contribution < -0.4 is 10.2 Å². The van der Waals surface area contributed by atoms with E-state index in [1.165, 1.54) is 4.90 Å². The Morgan fingerprint density at radius 3 is 1.93 bits per heavy atom. The number of hydrogen-bond donors (Lipinski definition) is 1. The second kappa shape index (κ2) is 7.79. The van der Waals surface area contributed by atoms with Crippen molar-refractivity contribution in [3.8, 4) is 0 Å². The standard InChI is InChI=1S/C21H18Br2N2O3/c22-17-10-15-16(11-18(17)23)21(28)25(20(15)27)14-8-6-13(7-9-14)24-19(26)12-4-2-1-3-5-12/h1-9,15-18H,10-11H2,(H,24,26)/t15-,16+,17+,18-. The summed E-state index contributed by atoms with van der Waals surface area (Å²) in [5, 5.41) is 2.82. The number of carbonyl (C=O) groups excluding carboxylic acids is 3. The van der Waals surface area contributed by atoms with Gasteiger partial charge < -0.3 is 5.32 Å². The van der Waals surface area contributed by atoms with Gasteiger partial charge in [-0.3, -0.25) is 19.3 Å². The maximum absolute atomic E-state index is 12.8. The minimum Gasteiger partial charge on any atom is -0.322 e. The lowest BCUT2D eigenvalue weighted by Crippen LogP contribution is -2.34. The van der Waals surface area contributed by atoms with E-state index in [1.54, 1.807) is 48.5 Å². The van der Waals surface area contributed by atoms with E-state index in [0.717, 1.165) is 0 Å². The highest BCUT2D eigenvalue weighted by Gasteiger charge is 2.52. The molecule has 1 saturated heterocycles. The fraction of sp³-hybridized carbons (Fsp3) is 0.286. The molecule has 0 unspecified atom stereocenters. The summed E-state index contributed by atoms with van der Waals surface area (Å²) in [6.45, 7) is 0. The number of nitrogens with zero attached hydrogens (tertiary/aromatic N) is 1. The third-order valence-electron chi connectivity index (χ3n) is 5.33. The predicted octanol–water partition coefficient (Wildman–Crippen LogP) is 4.37. The molecule has 28 heavy (non-hydrogen) atoms. The highest BCUT2D eigenvalue weighted by Crippen LogP contribution is 2.44. The number of imide groups is 1. The zero-order valence-corrected chi connectivity index (χ0v) is 18.0. The Bertz CT molecular complexity index is 889. The summed E-state index contributed by atoms with van der Waals surface area (Å²) in [5.41, 5.74) is 1.71. The minimum absolute atomic E-state index is 0.139. The van der Waals surface area contributed by atoms with Gasteiger partial charge in [-0.15, -0.1) is 0 Å². The van der Waals surface area contributed by atoms with Crippen LogP contribution in [0.2, 0.25) is 0 Å². The van der Waals surface area contributed by atoms with Crippen LogP contribution in [-0.2, 0) is 9.59 Å². The maximum atomic E-state index is 12.8. The van der Waals surface area contributed by atoms with Crippen molar-refractivity contribution in [2.45, 2.75) is 22.5 Å². The Hall–Kier alpha value is -1.99. The summed E-state index contributed by atoms with van der Waals surface area (Å²) in [6.07, 6.45) is 1.29. The first-order valence-electron chi connectivity index (χ1n) is 9.08. The van der Waals surface area contributed by atoms with Crippen molar-refractivity contribution >= 4 is 61.0 Å². The molecule has 0 spiro atoms. The van der Waals surface area contributed by atoms with Gasteiger partial charge in [-0.2, -0.15) is 0 Å². The van der Waals surface area contributed by atoms with E-state index in [9.17, 15) is 14.4 Å². The Balaban J connectivity index is 1.50. The number of benzene rings is 2. The van der Waals surface area contributed by atoms with Crippen LogP contribution in [0.4, 0.5) is 11.4 Å². The normalized spacial score (nSPS) is 26.9. The highest BCUT2D eigenvalue weighted by atomic mass is 79.9. The number of amides is 3. The smallest absolute Gasteiger partial charge is 0.255 e. The summed E-state index contributed by atoms with van der Waals surface area (Å²) >= 11 is 7.19. The molecule has 2 aliphatic rings. The molecule has 4 atom stereocenters. The molecule has 1 heterocycles. The number of fused-ring (bicyclic) bond motifs is 1. The first-order valence-corrected chi connectivity index (χ1v) is 10.9. The van der Waals surface area contributed by atoms with Crippen molar-refractivity contribution in [1.29, 1.82) is 0 Å². The van der Waals surface area contributed by atoms with Crippen LogP contribution in [0, 0.1) is 11.8 Å². The summed E-state index contributed by atoms with van der Waals surface area (Å²) < 4.78 is 0. The number of hydrogen-bond acceptors (Lipinski definition) is 3. The molecule has 1 aliphatic heterocycles. The Morgan fingerprint density at radius 2 is 1.39 bits per heavy atom. The van der Waals surface area contributed by atoms with Crippen LogP contribution in [0.5, 0.6) is 0 Å². The van der Waals surface area contributed by atoms with Crippen molar-refractivity contribution in [1.82, 2.24) is 0 Å². The molecular formula is C21H18Br2N2O3. The van der Waals surface area contributed by atoms with Gasteiger partial charge in [0.15, 0.2) is 0 Å². The lowest BCUT2D eigenvalue weighted by atomic mass is 9.81. The molecule has 1 saturated carbocycles. The monoisotopic (exact) mass is 504 g/mol. The van der Waals surface area contributed by atoms with Gasteiger partial charge in [0.05, 0.1) is 17.5 Å². The van der Waals surface area contributed by atoms with E-state index in [4.69, 9.17) is 0 Å². The molecule has 3 amide bonds. The van der Waals surface area contributed by atoms with E-state index in [1.807, 2.05) is 6.07 Å². The van der Waals surface area contributed by atoms with Crippen LogP contribution in [0.25, 0.3) is 0 Å². The zero-order chi connectivity index (χ0) is 19.8. The number of carbonyl (C=O) groups is 3. The third kappa shape index (κ3) is 3.53. The predicted molar refractivity (Wildman–Crippen MR) is 115 cm³/mol. The van der Waals surface area contributed by atoms with Gasteiger partial charge in [0, 0.05) is 20.9 Å². The van der Waals surface area contributed by atoms with Crippen molar-refractivity contribution in [2.75, 3.05) is 10.2 Å². The van der Waals surface area contributed by atoms with Gasteiger partial charge in [-0.1, -0.05) is 50.1 Å². The van der Waals surface area contributed by atoms with E-state index in [0.29, 0.717) is 29.8 Å². The molecule has 0 radical (unpaired) electrons. The molecular weight excluding hydrogens is 488 g/mol. The zero-order valence-electron chi connectivity index (χ0n) is 14.8. The number of anilines is 2. The van der Waals surface area contributed by atoms with E-state index in [-0.39, 0.29) is 39.2 Å². The minimum atomic E-state index is -0.275. The average molecular weight is 506 g/mol. The van der Waals surface area contributed by atoms with Crippen LogP contribution in [0.15, 0.2) is 54.6 Å². The number of rotatable bonds is 3. The number of halogens is 2. The molecule has 5 nitrogen and oxygen atoms in total. The molecule has 0 aromatic heterocycles. The average Bonchev–Trinajstić information content (AvgIpc) is 2.94. The molecule has 1 aliphatic carbocycles. The Kier molecular flexibility index (Phi) is 5.38. The fourth-order valence-corrected chi connectivity index (χ4v) is 5.07. The second-order valence-corrected chi connectivity index (χ2v) is 9.45. The van der Waals surface area contributed by atoms with Gasteiger partial charge in [-0.25, -0.2) is 0 Å². The van der Waals surface area contributed by atoms with E-state index < -0.39 is 0 Å². The first-order chi connectivity index (χ1) is 13.5. The van der Waals surface area contributed by atoms with Crippen LogP contribution in [-0.4, -0.2) is 27.4 Å². The van der Waals surface area contributed by atoms with E-state index in [2.05, 4.69) is 37.2 Å². The summed E-state index contributed by atoms with van der Waals surface area (Å²) in [6, 6.07) is 15.7. The summed E-state index contributed by atoms with van der Waals surface area (Å²) in [5.74, 6) is -1.04. The molecule has 4 rings (SSSR count). The molecule has 2 aromatic rings. The van der Waals surface area contributed by atoms with Crippen molar-refractivity contribution in [3.05, 3.63) is 60.2 Å². The Labute approximate surface area is 179 Å². The SMILES string of the molecule is O=C(Nc1ccc(N2C(=O)[C@H]3C[C@@H](Br)[C@@H](Br)C[C@H]3C2=O)cc1)c1ccccc1. The molecule has 144 valence electrons. The van der Waals surface area contributed by atoms with Crippen LogP contribution in [0.1, 0.15) is 23.2 Å². The topological polar surface area (TPSA) is 66.5 Å². The van der Waals surface area contributed by atoms with Gasteiger partial charge in [0.1, 0.15) is 0 Å². The van der Waals surface area contributed by atoms with Gasteiger partial charge in [0.2, 0.25) is 11.8 Å². The van der Waals surface area contributed by atoms with Crippen LogP contribution >= 0.6 is 31.9 Å². The molecule has 2 aromatic carbocycles. The van der Waals surface area contributed by atoms with Gasteiger partial charge >= 0.3 is 0 Å². The second-order valence-electron chi connectivity index (χ2n) is 7.10. The number of alkyl halides is 2. The highest BCUT2D eigenvalue weighted by molar-refractivity contribution is 9.12. The lowest BCUT2D eigenvalue weighted by Gasteiger charge is -2.29. The largest absolute Gasteiger partial charge is 0.322 e. The first kappa shape index (κ1) is 19.3. The summed E-state index contributed by atoms with van der Waals surface area (Å²) in [7, 11) is 0. The molecule has 7 heteroatoms. The van der Waals surface area contributed by atoms with Gasteiger partial charge in [-0.05, 0) is 49.2 Å². The molecule has 0 bridgehead atoms. The lowest BCUT2D eigenvalue weighted by molar-refractivity contribution is -0.122. The van der Waals surface area contributed by atoms with Crippen molar-refractivity contribution < 1.29 is 14.4 Å². The summed E-state index contributed by atoms with van der Waals surface area (Å²) in [4.78, 5) is 39.6. The van der Waals surface area contributed by atoms with Crippen molar-refractivity contribution in [2.24, 2.45) is 11.8 Å². The van der Waals surface area contributed by atoms with Gasteiger partial charge in [0.25, 0.3) is 5.91 Å². The fourth-order valence-electron chi connectivity index (χ4n) is 3.84. The Morgan fingerprint density at radius 1 is 0.857 bits per heavy atom. The molecule has 1 N–H and O–H groups in total. The van der Waals surface area contributed by atoms with Crippen LogP contribution in [0.3, 0.4) is 0 Å². The third-order valence-corrected chi connectivity index (χ3v) is 8.06. The van der Waals surface area contributed by atoms with Crippen molar-refractivity contribution in [3.63, 3.8) is 0 Å². The molecule has 2 fully saturated rings. The van der Waals surface area contributed by atoms with E-state index >= 15 is 0 Å². The number of nitrogens with one attached hydrogen (secondary N) is 1. The maximum Gasteiger partial charge on any atom is 0.255 e.